The number of nitrogens with one attached hydrogen (secondary N) is 1. The van der Waals surface area contributed by atoms with Gasteiger partial charge in [0.15, 0.2) is 4.77 Å². The molecule has 2 nitrogen and oxygen atoms in total. The summed E-state index contributed by atoms with van der Waals surface area (Å²) in [6.45, 7) is 1.92. The van der Waals surface area contributed by atoms with E-state index in [9.17, 15) is 4.39 Å². The van der Waals surface area contributed by atoms with E-state index in [1.165, 1.54) is 12.1 Å². The fraction of sp³-hybridized carbons (Fsp3) is 0.0714. The maximum Gasteiger partial charge on any atom is 0.182 e. The van der Waals surface area contributed by atoms with Gasteiger partial charge in [0.1, 0.15) is 5.82 Å². The second kappa shape index (κ2) is 4.88. The van der Waals surface area contributed by atoms with Crippen LogP contribution in [0.15, 0.2) is 30.3 Å². The van der Waals surface area contributed by atoms with Gasteiger partial charge in [-0.25, -0.2) is 4.39 Å². The SMILES string of the molecule is Cc1ccc(-n2c(=S)[nH]c3cc(Cl)c(F)cc32)cc1Cl. The molecule has 0 unspecified atom stereocenters. The predicted octanol–water partition coefficient (Wildman–Crippen LogP) is 5.44. The molecular formula is C14H9Cl2FN2S. The summed E-state index contributed by atoms with van der Waals surface area (Å²) in [7, 11) is 0. The summed E-state index contributed by atoms with van der Waals surface area (Å²) in [6.07, 6.45) is 0. The van der Waals surface area contributed by atoms with Crippen molar-refractivity contribution in [2.75, 3.05) is 0 Å². The van der Waals surface area contributed by atoms with E-state index in [4.69, 9.17) is 35.4 Å². The van der Waals surface area contributed by atoms with E-state index in [2.05, 4.69) is 4.98 Å². The molecule has 0 amide bonds. The Hall–Kier alpha value is -1.36. The van der Waals surface area contributed by atoms with Crippen LogP contribution in [0.1, 0.15) is 5.56 Å². The molecule has 0 aliphatic carbocycles. The number of hydrogen-bond acceptors (Lipinski definition) is 1. The average Bonchev–Trinajstić information content (AvgIpc) is 2.69. The van der Waals surface area contributed by atoms with Crippen LogP contribution in [-0.4, -0.2) is 9.55 Å². The van der Waals surface area contributed by atoms with Crippen molar-refractivity contribution in [1.82, 2.24) is 9.55 Å². The van der Waals surface area contributed by atoms with Crippen molar-refractivity contribution in [3.05, 3.63) is 56.5 Å². The highest BCUT2D eigenvalue weighted by Crippen LogP contribution is 2.27. The lowest BCUT2D eigenvalue weighted by atomic mass is 10.2. The third-order valence-corrected chi connectivity index (χ3v) is 4.12. The Morgan fingerprint density at radius 1 is 1.15 bits per heavy atom. The number of H-pyrrole nitrogens is 1. The highest BCUT2D eigenvalue weighted by atomic mass is 35.5. The number of aryl methyl sites for hydroxylation is 1. The fourth-order valence-electron chi connectivity index (χ4n) is 2.08. The van der Waals surface area contributed by atoms with Gasteiger partial charge in [-0.2, -0.15) is 0 Å². The molecular weight excluding hydrogens is 318 g/mol. The van der Waals surface area contributed by atoms with Crippen molar-refractivity contribution in [2.45, 2.75) is 6.92 Å². The van der Waals surface area contributed by atoms with Gasteiger partial charge in [0, 0.05) is 16.8 Å². The predicted molar refractivity (Wildman–Crippen MR) is 83.2 cm³/mol. The molecule has 20 heavy (non-hydrogen) atoms. The number of aromatic nitrogens is 2. The zero-order chi connectivity index (χ0) is 14.4. The van der Waals surface area contributed by atoms with Gasteiger partial charge in [-0.15, -0.1) is 0 Å². The van der Waals surface area contributed by atoms with E-state index >= 15 is 0 Å². The number of halogens is 3. The Labute approximate surface area is 129 Å². The summed E-state index contributed by atoms with van der Waals surface area (Å²) in [6, 6.07) is 8.46. The van der Waals surface area contributed by atoms with Crippen LogP contribution >= 0.6 is 35.4 Å². The molecule has 2 aromatic carbocycles. The van der Waals surface area contributed by atoms with Crippen LogP contribution in [0.2, 0.25) is 10.0 Å². The van der Waals surface area contributed by atoms with E-state index in [-0.39, 0.29) is 5.02 Å². The van der Waals surface area contributed by atoms with Crippen LogP contribution in [0, 0.1) is 17.5 Å². The molecule has 0 atom stereocenters. The molecule has 3 aromatic rings. The number of rotatable bonds is 1. The van der Waals surface area contributed by atoms with Gasteiger partial charge in [-0.05, 0) is 42.9 Å². The minimum Gasteiger partial charge on any atom is -0.330 e. The quantitative estimate of drug-likeness (QED) is 0.590. The van der Waals surface area contributed by atoms with E-state index in [1.54, 1.807) is 10.6 Å². The zero-order valence-corrected chi connectivity index (χ0v) is 12.7. The minimum absolute atomic E-state index is 0.0582. The number of hydrogen-bond donors (Lipinski definition) is 1. The second-order valence-electron chi connectivity index (χ2n) is 4.48. The molecule has 0 saturated heterocycles. The first-order valence-corrected chi connectivity index (χ1v) is 7.00. The molecule has 1 aromatic heterocycles. The Morgan fingerprint density at radius 2 is 1.90 bits per heavy atom. The maximum atomic E-state index is 13.7. The molecule has 1 N–H and O–H groups in total. The van der Waals surface area contributed by atoms with Gasteiger partial charge >= 0.3 is 0 Å². The molecule has 3 rings (SSSR count). The molecule has 0 radical (unpaired) electrons. The molecule has 0 aliphatic heterocycles. The molecule has 1 heterocycles. The van der Waals surface area contributed by atoms with Crippen LogP contribution in [0.5, 0.6) is 0 Å². The van der Waals surface area contributed by atoms with E-state index in [0.29, 0.717) is 20.8 Å². The summed E-state index contributed by atoms with van der Waals surface area (Å²) in [4.78, 5) is 3.01. The lowest BCUT2D eigenvalue weighted by Crippen LogP contribution is -1.95. The largest absolute Gasteiger partial charge is 0.330 e. The topological polar surface area (TPSA) is 20.7 Å². The summed E-state index contributed by atoms with van der Waals surface area (Å²) >= 11 is 17.2. The van der Waals surface area contributed by atoms with Crippen LogP contribution in [0.25, 0.3) is 16.7 Å². The first-order valence-electron chi connectivity index (χ1n) is 5.83. The Morgan fingerprint density at radius 3 is 2.60 bits per heavy atom. The zero-order valence-electron chi connectivity index (χ0n) is 10.4. The van der Waals surface area contributed by atoms with Gasteiger partial charge in [-0.3, -0.25) is 4.57 Å². The monoisotopic (exact) mass is 326 g/mol. The number of imidazole rings is 1. The van der Waals surface area contributed by atoms with Crippen LogP contribution < -0.4 is 0 Å². The normalized spacial score (nSPS) is 11.2. The molecule has 0 bridgehead atoms. The smallest absolute Gasteiger partial charge is 0.182 e. The highest BCUT2D eigenvalue weighted by Gasteiger charge is 2.11. The Balaban J connectivity index is 2.35. The first-order chi connectivity index (χ1) is 9.47. The highest BCUT2D eigenvalue weighted by molar-refractivity contribution is 7.71. The fourth-order valence-corrected chi connectivity index (χ4v) is 2.73. The van der Waals surface area contributed by atoms with Crippen molar-refractivity contribution in [1.29, 1.82) is 0 Å². The second-order valence-corrected chi connectivity index (χ2v) is 5.68. The average molecular weight is 327 g/mol. The number of benzene rings is 2. The first kappa shape index (κ1) is 13.6. The van der Waals surface area contributed by atoms with Gasteiger partial charge in [-0.1, -0.05) is 29.3 Å². The Bertz CT molecular complexity index is 883. The molecule has 6 heteroatoms. The van der Waals surface area contributed by atoms with E-state index in [1.807, 2.05) is 19.1 Å². The Kier molecular flexibility index (Phi) is 3.32. The third kappa shape index (κ3) is 2.14. The molecule has 0 saturated carbocycles. The van der Waals surface area contributed by atoms with Crippen LogP contribution in [0.3, 0.4) is 0 Å². The number of aromatic amines is 1. The lowest BCUT2D eigenvalue weighted by Gasteiger charge is -2.07. The molecule has 0 spiro atoms. The van der Waals surface area contributed by atoms with Crippen LogP contribution in [0.4, 0.5) is 4.39 Å². The maximum absolute atomic E-state index is 13.7. The summed E-state index contributed by atoms with van der Waals surface area (Å²) in [5, 5.41) is 0.691. The number of fused-ring (bicyclic) bond motifs is 1. The molecule has 0 fully saturated rings. The number of nitrogens with zero attached hydrogens (tertiary/aromatic N) is 1. The van der Waals surface area contributed by atoms with E-state index < -0.39 is 5.82 Å². The molecule has 0 aliphatic rings. The van der Waals surface area contributed by atoms with E-state index in [0.717, 1.165) is 11.3 Å². The standard InChI is InChI=1S/C14H9Cl2FN2S/c1-7-2-3-8(4-9(7)15)19-13-6-11(17)10(16)5-12(13)18-14(19)20/h2-6H,1H3,(H,18,20). The van der Waals surface area contributed by atoms with Crippen LogP contribution in [-0.2, 0) is 0 Å². The van der Waals surface area contributed by atoms with Crippen molar-refractivity contribution in [2.24, 2.45) is 0 Å². The minimum atomic E-state index is -0.486. The van der Waals surface area contributed by atoms with Crippen molar-refractivity contribution < 1.29 is 4.39 Å². The van der Waals surface area contributed by atoms with Gasteiger partial charge in [0.2, 0.25) is 0 Å². The van der Waals surface area contributed by atoms with Gasteiger partial charge in [0.25, 0.3) is 0 Å². The lowest BCUT2D eigenvalue weighted by molar-refractivity contribution is 0.629. The summed E-state index contributed by atoms with van der Waals surface area (Å²) in [5.74, 6) is -0.486. The third-order valence-electron chi connectivity index (χ3n) is 3.14. The molecule has 102 valence electrons. The van der Waals surface area contributed by atoms with Crippen molar-refractivity contribution in [3.63, 3.8) is 0 Å². The van der Waals surface area contributed by atoms with Crippen molar-refractivity contribution in [3.8, 4) is 5.69 Å². The summed E-state index contributed by atoms with van der Waals surface area (Å²) < 4.78 is 15.9. The van der Waals surface area contributed by atoms with Gasteiger partial charge < -0.3 is 4.98 Å². The summed E-state index contributed by atoms with van der Waals surface area (Å²) in [5.41, 5.74) is 3.05. The van der Waals surface area contributed by atoms with Crippen molar-refractivity contribution >= 4 is 46.5 Å². The van der Waals surface area contributed by atoms with Gasteiger partial charge in [0.05, 0.1) is 16.1 Å².